The summed E-state index contributed by atoms with van der Waals surface area (Å²) in [5.74, 6) is 0. The molecule has 2 rings (SSSR count). The number of halogens is 6. The highest BCUT2D eigenvalue weighted by molar-refractivity contribution is 6.10. The Balaban J connectivity index is 1.97. The van der Waals surface area contributed by atoms with Crippen molar-refractivity contribution in [1.29, 1.82) is 0 Å². The molecule has 0 atom stereocenters. The van der Waals surface area contributed by atoms with Crippen molar-refractivity contribution in [3.63, 3.8) is 0 Å². The van der Waals surface area contributed by atoms with E-state index in [9.17, 15) is 36.8 Å². The highest BCUT2D eigenvalue weighted by Crippen LogP contribution is 2.29. The lowest BCUT2D eigenvalue weighted by atomic mass is 10.1. The highest BCUT2D eigenvalue weighted by atomic mass is 19.4. The largest absolute Gasteiger partial charge is 0.623 e. The predicted octanol–water partition coefficient (Wildman–Crippen LogP) is 4.59. The molecule has 0 aliphatic rings. The minimum Gasteiger partial charge on any atom is -0.623 e. The number of nitrogens with zero attached hydrogens (tertiary/aromatic N) is 2. The summed E-state index contributed by atoms with van der Waals surface area (Å²) in [6.45, 7) is -0.550. The van der Waals surface area contributed by atoms with Gasteiger partial charge in [0.2, 0.25) is 12.4 Å². The second-order valence-electron chi connectivity index (χ2n) is 5.84. The van der Waals surface area contributed by atoms with Gasteiger partial charge in [0.1, 0.15) is 0 Å². The number of alkyl halides is 6. The molecule has 28 heavy (non-hydrogen) atoms. The molecule has 0 heterocycles. The first-order valence-electron chi connectivity index (χ1n) is 7.83. The smallest absolute Gasteiger partial charge is 0.416 e. The van der Waals surface area contributed by atoms with Gasteiger partial charge in [-0.1, -0.05) is 24.3 Å². The number of benzene rings is 2. The fourth-order valence-electron chi connectivity index (χ4n) is 2.21. The Morgan fingerprint density at radius 3 is 1.14 bits per heavy atom. The molecule has 150 valence electrons. The van der Waals surface area contributed by atoms with Gasteiger partial charge in [-0.15, -0.1) is 0 Å². The molecule has 0 unspecified atom stereocenters. The number of rotatable bonds is 5. The van der Waals surface area contributed by atoms with Crippen LogP contribution in [0.5, 0.6) is 0 Å². The van der Waals surface area contributed by atoms with Gasteiger partial charge in [-0.3, -0.25) is 0 Å². The molecule has 0 aromatic heterocycles. The average Bonchev–Trinajstić information content (AvgIpc) is 2.59. The molecule has 0 radical (unpaired) electrons. The van der Waals surface area contributed by atoms with Crippen LogP contribution in [0.3, 0.4) is 0 Å². The molecule has 2 aromatic rings. The minimum absolute atomic E-state index is 0.275. The molecular formula is C18H14F6N2O2. The fraction of sp³-hybridized carbons (Fsp3) is 0.222. The first-order chi connectivity index (χ1) is 12.9. The van der Waals surface area contributed by atoms with Crippen LogP contribution in [0.2, 0.25) is 0 Å². The van der Waals surface area contributed by atoms with Crippen LogP contribution in [0, 0.1) is 10.4 Å². The normalized spacial score (nSPS) is 13.6. The van der Waals surface area contributed by atoms with Crippen LogP contribution in [0.1, 0.15) is 22.3 Å². The van der Waals surface area contributed by atoms with Gasteiger partial charge < -0.3 is 10.4 Å². The van der Waals surface area contributed by atoms with Crippen LogP contribution in [-0.4, -0.2) is 21.9 Å². The van der Waals surface area contributed by atoms with Gasteiger partial charge in [-0.05, 0) is 24.3 Å². The van der Waals surface area contributed by atoms with Crippen molar-refractivity contribution in [2.24, 2.45) is 0 Å². The number of hydrogen-bond donors (Lipinski definition) is 0. The second-order valence-corrected chi connectivity index (χ2v) is 5.84. The molecule has 0 bridgehead atoms. The van der Waals surface area contributed by atoms with E-state index >= 15 is 0 Å². The third-order valence-corrected chi connectivity index (χ3v) is 3.64. The summed E-state index contributed by atoms with van der Waals surface area (Å²) in [5, 5.41) is 23.4. The Morgan fingerprint density at radius 1 is 0.607 bits per heavy atom. The van der Waals surface area contributed by atoms with E-state index < -0.39 is 23.5 Å². The average molecular weight is 404 g/mol. The highest BCUT2D eigenvalue weighted by Gasteiger charge is 2.30. The van der Waals surface area contributed by atoms with Crippen molar-refractivity contribution in [1.82, 2.24) is 0 Å². The molecule has 4 nitrogen and oxygen atoms in total. The Kier molecular flexibility index (Phi) is 6.32. The van der Waals surface area contributed by atoms with Crippen LogP contribution in [-0.2, 0) is 25.4 Å². The van der Waals surface area contributed by atoms with Crippen LogP contribution in [0.4, 0.5) is 26.3 Å². The summed E-state index contributed by atoms with van der Waals surface area (Å²) in [5.41, 5.74) is -1.06. The second kappa shape index (κ2) is 8.32. The molecule has 2 aromatic carbocycles. The summed E-state index contributed by atoms with van der Waals surface area (Å²) in [6.07, 6.45) is -7.18. The SMILES string of the molecule is [O-]/[N+](=C\C=[N+](/[O-])Cc1ccc(C(F)(F)F)cc1)Cc1ccc(C(F)(F)F)cc1. The quantitative estimate of drug-likeness (QED) is 0.241. The molecule has 0 amide bonds. The minimum atomic E-state index is -4.48. The van der Waals surface area contributed by atoms with Crippen molar-refractivity contribution in [3.8, 4) is 0 Å². The van der Waals surface area contributed by atoms with Gasteiger partial charge in [0.25, 0.3) is 0 Å². The summed E-state index contributed by atoms with van der Waals surface area (Å²) in [7, 11) is 0. The monoisotopic (exact) mass is 404 g/mol. The van der Waals surface area contributed by atoms with Gasteiger partial charge in [-0.2, -0.15) is 26.3 Å². The topological polar surface area (TPSA) is 52.1 Å². The lowest BCUT2D eigenvalue weighted by Gasteiger charge is -2.08. The molecule has 0 saturated carbocycles. The van der Waals surface area contributed by atoms with Crippen LogP contribution >= 0.6 is 0 Å². The third-order valence-electron chi connectivity index (χ3n) is 3.64. The van der Waals surface area contributed by atoms with Crippen molar-refractivity contribution in [2.45, 2.75) is 25.4 Å². The van der Waals surface area contributed by atoms with E-state index in [1.165, 1.54) is 0 Å². The first kappa shape index (κ1) is 21.3. The van der Waals surface area contributed by atoms with Gasteiger partial charge in [0, 0.05) is 11.1 Å². The molecular weight excluding hydrogens is 390 g/mol. The molecule has 0 aliphatic heterocycles. The van der Waals surface area contributed by atoms with Crippen LogP contribution in [0.15, 0.2) is 48.5 Å². The summed E-state index contributed by atoms with van der Waals surface area (Å²) in [4.78, 5) is 0. The maximum absolute atomic E-state index is 12.5. The Bertz CT molecular complexity index is 780. The Morgan fingerprint density at radius 2 is 0.893 bits per heavy atom. The first-order valence-corrected chi connectivity index (χ1v) is 7.83. The van der Waals surface area contributed by atoms with Gasteiger partial charge in [0.05, 0.1) is 11.1 Å². The van der Waals surface area contributed by atoms with E-state index in [4.69, 9.17) is 0 Å². The van der Waals surface area contributed by atoms with E-state index in [0.29, 0.717) is 20.6 Å². The van der Waals surface area contributed by atoms with E-state index in [-0.39, 0.29) is 13.1 Å². The predicted molar refractivity (Wildman–Crippen MR) is 89.7 cm³/mol. The van der Waals surface area contributed by atoms with Crippen molar-refractivity contribution < 1.29 is 35.8 Å². The molecule has 0 aliphatic carbocycles. The lowest BCUT2D eigenvalue weighted by molar-refractivity contribution is -0.482. The van der Waals surface area contributed by atoms with Crippen LogP contribution < -0.4 is 0 Å². The van der Waals surface area contributed by atoms with Crippen molar-refractivity contribution >= 4 is 12.4 Å². The number of hydroxylamine groups is 2. The van der Waals surface area contributed by atoms with E-state index in [1.807, 2.05) is 0 Å². The Labute approximate surface area is 155 Å². The maximum atomic E-state index is 12.5. The standard InChI is InChI=1S/C18H14F6N2O2/c19-17(20,21)15-5-1-13(2-6-15)11-25(27)9-10-26(28)12-14-3-7-16(8-4-14)18(22,23)24/h1-10H,11-12H2/b25-9-,26-10-. The summed E-state index contributed by atoms with van der Waals surface area (Å²) < 4.78 is 75.5. The van der Waals surface area contributed by atoms with Crippen molar-refractivity contribution in [3.05, 3.63) is 81.2 Å². The molecule has 0 spiro atoms. The summed E-state index contributed by atoms with van der Waals surface area (Å²) in [6, 6.07) is 7.98. The molecule has 0 N–H and O–H groups in total. The zero-order chi connectivity index (χ0) is 20.9. The zero-order valence-corrected chi connectivity index (χ0v) is 14.2. The van der Waals surface area contributed by atoms with Gasteiger partial charge in [-0.25, -0.2) is 9.48 Å². The van der Waals surface area contributed by atoms with E-state index in [0.717, 1.165) is 61.0 Å². The fourth-order valence-corrected chi connectivity index (χ4v) is 2.21. The Hall–Kier alpha value is -3.04. The molecule has 0 fully saturated rings. The lowest BCUT2D eigenvalue weighted by Crippen LogP contribution is -2.12. The van der Waals surface area contributed by atoms with E-state index in [2.05, 4.69) is 0 Å². The van der Waals surface area contributed by atoms with Gasteiger partial charge >= 0.3 is 12.4 Å². The number of hydrogen-bond acceptors (Lipinski definition) is 2. The molecule has 10 heteroatoms. The zero-order valence-electron chi connectivity index (χ0n) is 14.2. The third kappa shape index (κ3) is 6.29. The summed E-state index contributed by atoms with van der Waals surface area (Å²) >= 11 is 0. The van der Waals surface area contributed by atoms with E-state index in [1.54, 1.807) is 0 Å². The van der Waals surface area contributed by atoms with Crippen molar-refractivity contribution in [2.75, 3.05) is 0 Å². The maximum Gasteiger partial charge on any atom is 0.416 e. The molecule has 0 saturated heterocycles. The van der Waals surface area contributed by atoms with Gasteiger partial charge in [0.15, 0.2) is 13.1 Å². The van der Waals surface area contributed by atoms with Crippen LogP contribution in [0.25, 0.3) is 0 Å².